The summed E-state index contributed by atoms with van der Waals surface area (Å²) in [5.41, 5.74) is 21.5. The van der Waals surface area contributed by atoms with E-state index in [0.29, 0.717) is 11.5 Å². The van der Waals surface area contributed by atoms with E-state index in [-0.39, 0.29) is 12.2 Å². The first-order valence-electron chi connectivity index (χ1n) is 25.0. The van der Waals surface area contributed by atoms with Crippen molar-refractivity contribution in [3.8, 4) is 67.5 Å². The highest BCUT2D eigenvalue weighted by Crippen LogP contribution is 2.50. The molecule has 4 aliphatic carbocycles. The number of hydrogen-bond acceptors (Lipinski definition) is 4. The third-order valence-electron chi connectivity index (χ3n) is 16.1. The first kappa shape index (κ1) is 43.4. The third-order valence-corrected chi connectivity index (χ3v) is 16.1. The van der Waals surface area contributed by atoms with Crippen LogP contribution in [0.4, 0.5) is 0 Å². The van der Waals surface area contributed by atoms with Gasteiger partial charge in [0.05, 0.1) is 0 Å². The van der Waals surface area contributed by atoms with E-state index in [9.17, 15) is 10.2 Å². The number of phenols is 2. The summed E-state index contributed by atoms with van der Waals surface area (Å²) in [5.74, 6) is 2.17. The van der Waals surface area contributed by atoms with E-state index in [4.69, 9.17) is 9.47 Å². The normalized spacial score (nSPS) is 16.7. The first-order chi connectivity index (χ1) is 31.5. The van der Waals surface area contributed by atoms with E-state index in [1.54, 1.807) is 0 Å². The highest BCUT2D eigenvalue weighted by Gasteiger charge is 2.37. The fourth-order valence-electron chi connectivity index (χ4n) is 11.9. The van der Waals surface area contributed by atoms with Crippen LogP contribution in [0, 0.1) is 19.3 Å². The standard InChI is InChI=1S/C61H68O4/c1-37-31-51(59(62)53(33-37)57-45-23-11-7-19-41(45)35-42-20-8-12-24-46(42)57)49-27-15-17-29-55(49)64-39(3)61(5,6)40(4)65-56-30-18-16-28-50(56)52-32-38(2)34-54(60(52)63)58-47-25-13-9-21-43(47)36-44-22-10-14-26-48(44)58/h15-18,27-36,39-40,62-63H,7-14,19-26H2,1-6H3/t39-,40-/m0/s1. The summed E-state index contributed by atoms with van der Waals surface area (Å²) in [4.78, 5) is 0. The zero-order valence-corrected chi connectivity index (χ0v) is 39.8. The van der Waals surface area contributed by atoms with Crippen LogP contribution in [0.1, 0.15) is 135 Å². The lowest BCUT2D eigenvalue weighted by Gasteiger charge is -2.38. The van der Waals surface area contributed by atoms with Crippen LogP contribution >= 0.6 is 0 Å². The highest BCUT2D eigenvalue weighted by atomic mass is 16.5. The molecule has 336 valence electrons. The fourth-order valence-corrected chi connectivity index (χ4v) is 11.9. The van der Waals surface area contributed by atoms with Gasteiger partial charge in [0.25, 0.3) is 0 Å². The minimum Gasteiger partial charge on any atom is -0.507 e. The number of aryl methyl sites for hydroxylation is 6. The van der Waals surface area contributed by atoms with Gasteiger partial charge in [0.15, 0.2) is 0 Å². The number of fused-ring (bicyclic) bond motifs is 4. The quantitative estimate of drug-likeness (QED) is 0.144. The van der Waals surface area contributed by atoms with Crippen LogP contribution in [0.5, 0.6) is 23.0 Å². The van der Waals surface area contributed by atoms with Crippen LogP contribution in [0.15, 0.2) is 84.9 Å². The molecule has 10 rings (SSSR count). The molecule has 0 saturated carbocycles. The van der Waals surface area contributed by atoms with E-state index in [1.165, 1.54) is 107 Å². The Kier molecular flexibility index (Phi) is 11.8. The van der Waals surface area contributed by atoms with E-state index in [1.807, 2.05) is 36.4 Å². The molecule has 0 heterocycles. The number of aromatic hydroxyl groups is 2. The minimum absolute atomic E-state index is 0.264. The van der Waals surface area contributed by atoms with Crippen molar-refractivity contribution in [3.63, 3.8) is 0 Å². The van der Waals surface area contributed by atoms with Gasteiger partial charge in [-0.05, 0) is 234 Å². The Bertz CT molecular complexity index is 2530. The molecule has 0 fully saturated rings. The molecule has 6 aromatic carbocycles. The van der Waals surface area contributed by atoms with Crippen LogP contribution in [-0.4, -0.2) is 22.4 Å². The Labute approximate surface area is 388 Å². The molecule has 0 unspecified atom stereocenters. The van der Waals surface area contributed by atoms with E-state index in [0.717, 1.165) is 107 Å². The van der Waals surface area contributed by atoms with Crippen LogP contribution in [0.25, 0.3) is 44.5 Å². The Morgan fingerprint density at radius 3 is 1.08 bits per heavy atom. The average molecular weight is 865 g/mol. The predicted molar refractivity (Wildman–Crippen MR) is 268 cm³/mol. The fraction of sp³-hybridized carbons (Fsp3) is 0.410. The van der Waals surface area contributed by atoms with E-state index < -0.39 is 5.41 Å². The van der Waals surface area contributed by atoms with Crippen molar-refractivity contribution in [1.82, 2.24) is 0 Å². The molecule has 65 heavy (non-hydrogen) atoms. The second-order valence-electron chi connectivity index (χ2n) is 20.6. The Balaban J connectivity index is 0.955. The van der Waals surface area contributed by atoms with Crippen molar-refractivity contribution < 1.29 is 19.7 Å². The third kappa shape index (κ3) is 8.04. The average Bonchev–Trinajstić information content (AvgIpc) is 3.31. The van der Waals surface area contributed by atoms with Crippen molar-refractivity contribution in [2.45, 2.75) is 156 Å². The largest absolute Gasteiger partial charge is 0.507 e. The zero-order chi connectivity index (χ0) is 45.0. The Morgan fingerprint density at radius 2 is 0.723 bits per heavy atom. The van der Waals surface area contributed by atoms with Gasteiger partial charge in [-0.3, -0.25) is 0 Å². The zero-order valence-electron chi connectivity index (χ0n) is 39.8. The molecule has 4 aliphatic rings. The molecule has 0 radical (unpaired) electrons. The molecule has 0 saturated heterocycles. The minimum atomic E-state index is -0.454. The van der Waals surface area contributed by atoms with Crippen LogP contribution in [0.2, 0.25) is 0 Å². The molecule has 0 aromatic heterocycles. The van der Waals surface area contributed by atoms with E-state index >= 15 is 0 Å². The monoisotopic (exact) mass is 865 g/mol. The second kappa shape index (κ2) is 17.7. The Hall–Kier alpha value is -5.48. The molecule has 0 spiro atoms. The maximum absolute atomic E-state index is 12.4. The van der Waals surface area contributed by atoms with Crippen molar-refractivity contribution in [2.24, 2.45) is 5.41 Å². The second-order valence-corrected chi connectivity index (χ2v) is 20.6. The summed E-state index contributed by atoms with van der Waals surface area (Å²) in [7, 11) is 0. The topological polar surface area (TPSA) is 58.9 Å². The van der Waals surface area contributed by atoms with Crippen LogP contribution in [-0.2, 0) is 51.4 Å². The lowest BCUT2D eigenvalue weighted by Crippen LogP contribution is -2.43. The van der Waals surface area contributed by atoms with Crippen molar-refractivity contribution in [2.75, 3.05) is 0 Å². The molecule has 4 nitrogen and oxygen atoms in total. The maximum atomic E-state index is 12.4. The number of benzene rings is 6. The molecular weight excluding hydrogens is 797 g/mol. The summed E-state index contributed by atoms with van der Waals surface area (Å²) < 4.78 is 14.0. The van der Waals surface area contributed by atoms with Crippen molar-refractivity contribution in [1.29, 1.82) is 0 Å². The number of ether oxygens (including phenoxy) is 2. The van der Waals surface area contributed by atoms with Gasteiger partial charge in [0.2, 0.25) is 0 Å². The molecule has 0 aliphatic heterocycles. The lowest BCUT2D eigenvalue weighted by atomic mass is 9.76. The van der Waals surface area contributed by atoms with Gasteiger partial charge < -0.3 is 19.7 Å². The van der Waals surface area contributed by atoms with Gasteiger partial charge in [-0.25, -0.2) is 0 Å². The van der Waals surface area contributed by atoms with Gasteiger partial charge in [0, 0.05) is 38.8 Å². The summed E-state index contributed by atoms with van der Waals surface area (Å²) in [6.45, 7) is 13.0. The summed E-state index contributed by atoms with van der Waals surface area (Å²) in [6.07, 6.45) is 18.0. The van der Waals surface area contributed by atoms with Gasteiger partial charge >= 0.3 is 0 Å². The summed E-state index contributed by atoms with van der Waals surface area (Å²) in [6, 6.07) is 30.0. The van der Waals surface area contributed by atoms with Gasteiger partial charge in [0.1, 0.15) is 35.2 Å². The lowest BCUT2D eigenvalue weighted by molar-refractivity contribution is -0.00280. The van der Waals surface area contributed by atoms with Gasteiger partial charge in [-0.15, -0.1) is 0 Å². The number of rotatable bonds is 10. The molecular formula is C61H68O4. The number of para-hydroxylation sites is 2. The maximum Gasteiger partial charge on any atom is 0.131 e. The smallest absolute Gasteiger partial charge is 0.131 e. The molecule has 6 aromatic rings. The first-order valence-corrected chi connectivity index (χ1v) is 25.0. The SMILES string of the molecule is Cc1cc(-c2ccccc2O[C@@H](C)C(C)(C)[C@H](C)Oc2ccccc2-c2cc(C)cc(-c3c4c(cc5c3CCCC5)CCCC4)c2O)c(O)c(-c2c3c(cc4c2CCCC4)CCCC3)c1. The predicted octanol–water partition coefficient (Wildman–Crippen LogP) is 15.2. The van der Waals surface area contributed by atoms with E-state index in [2.05, 4.69) is 90.1 Å². The number of hydrogen-bond donors (Lipinski definition) is 2. The van der Waals surface area contributed by atoms with Crippen LogP contribution < -0.4 is 9.47 Å². The summed E-state index contributed by atoms with van der Waals surface area (Å²) in [5, 5.41) is 24.9. The van der Waals surface area contributed by atoms with Crippen molar-refractivity contribution in [3.05, 3.63) is 141 Å². The molecule has 2 atom stereocenters. The highest BCUT2D eigenvalue weighted by molar-refractivity contribution is 5.90. The van der Waals surface area contributed by atoms with Gasteiger partial charge in [-0.2, -0.15) is 0 Å². The molecule has 0 amide bonds. The Morgan fingerprint density at radius 1 is 0.415 bits per heavy atom. The molecule has 0 bridgehead atoms. The molecule has 4 heteroatoms. The van der Waals surface area contributed by atoms with Crippen LogP contribution in [0.3, 0.4) is 0 Å². The summed E-state index contributed by atoms with van der Waals surface area (Å²) >= 11 is 0. The molecule has 2 N–H and O–H groups in total. The van der Waals surface area contributed by atoms with Gasteiger partial charge in [-0.1, -0.05) is 62.4 Å². The number of phenolic OH excluding ortho intramolecular Hbond substituents is 2. The van der Waals surface area contributed by atoms with Crippen molar-refractivity contribution >= 4 is 0 Å².